The van der Waals surface area contributed by atoms with E-state index in [4.69, 9.17) is 0 Å². The van der Waals surface area contributed by atoms with Gasteiger partial charge in [0.05, 0.1) is 0 Å². The molecule has 20 rings (SSSR count). The van der Waals surface area contributed by atoms with Crippen LogP contribution in [0, 0.1) is 76.2 Å². The van der Waals surface area contributed by atoms with Gasteiger partial charge < -0.3 is 18.3 Å². The number of nitrogens with zero attached hydrogens (tertiary/aromatic N) is 30. The zero-order valence-corrected chi connectivity index (χ0v) is 86.8. The maximum atomic E-state index is 13.0. The highest BCUT2D eigenvalue weighted by Gasteiger charge is 2.31. The van der Waals surface area contributed by atoms with Gasteiger partial charge in [0, 0.05) is 188 Å². The minimum atomic E-state index is -0.380. The van der Waals surface area contributed by atoms with E-state index in [2.05, 4.69) is 122 Å². The summed E-state index contributed by atoms with van der Waals surface area (Å²) in [6.45, 7) is 52.0. The van der Waals surface area contributed by atoms with Crippen molar-refractivity contribution >= 4 is 102 Å². The first-order valence-corrected chi connectivity index (χ1v) is 48.2. The predicted molar refractivity (Wildman–Crippen MR) is 563 cm³/mol. The monoisotopic (exact) mass is 1960 g/mol. The summed E-state index contributed by atoms with van der Waals surface area (Å²) in [7, 11) is 11.3. The quantitative estimate of drug-likeness (QED) is 0.0640. The third kappa shape index (κ3) is 16.3. The molecule has 42 heteroatoms. The Kier molecular flexibility index (Phi) is 28.0. The molecule has 0 aliphatic rings. The molecule has 0 saturated heterocycles. The van der Waals surface area contributed by atoms with Gasteiger partial charge in [-0.05, 0) is 165 Å². The van der Waals surface area contributed by atoms with Crippen LogP contribution < -0.4 is 67.5 Å². The maximum absolute atomic E-state index is 13.0. The van der Waals surface area contributed by atoms with E-state index < -0.39 is 0 Å². The number of fused-ring (bicyclic) bond motifs is 18. The van der Waals surface area contributed by atoms with Gasteiger partial charge in [-0.25, -0.2) is 28.8 Å². The molecule has 18 aromatic heterocycles. The summed E-state index contributed by atoms with van der Waals surface area (Å²) in [6, 6.07) is 16.8. The molecule has 0 N–H and O–H groups in total. The van der Waals surface area contributed by atoms with E-state index >= 15 is 0 Å². The van der Waals surface area contributed by atoms with Crippen LogP contribution in [0.2, 0.25) is 0 Å². The SMILES string of the molecule is C/C=C/Cn1c(=O)c2c(nc3n(C(C)CC)c(C)cn23)n(C)c1=O.C=CCn1c(=O)c2c(nc3n(C(C)CC)c(C)c(C)n23)n(C)c1=O.C=CCn1c(=O)c2c(nc3n(CCC)c(C)cn23)n(C)c1=O.C=CCn1c(=O)c2c(nc3n(CCCC)c(C)cn23)n(C)c1=O.CCn1c(=O)c2c(nc3n(-c4cccc(C)c4)c(C)c(C)n23)n(C)c1=O.Cc1cccc(-n2c(C)c(C)n3c4c(=O)n(C)c(=O)n(C)c4nc23)c1. The largest absolute Gasteiger partial charge is 0.332 e. The van der Waals surface area contributed by atoms with E-state index in [1.165, 1.54) is 57.3 Å². The molecule has 0 saturated carbocycles. The molecule has 756 valence electrons. The van der Waals surface area contributed by atoms with Gasteiger partial charge in [0.25, 0.3) is 33.4 Å². The number of allylic oxidation sites excluding steroid dienone is 5. The molecule has 0 amide bonds. The normalized spacial score (nSPS) is 12.2. The number of unbranched alkanes of at least 4 members (excludes halogenated alkanes) is 1. The van der Waals surface area contributed by atoms with Gasteiger partial charge in [0.15, 0.2) is 67.0 Å². The lowest BCUT2D eigenvalue weighted by molar-refractivity contribution is 0.532. The Balaban J connectivity index is 0.000000130. The molecule has 20 aromatic rings. The fourth-order valence-electron chi connectivity index (χ4n) is 19.2. The number of imidazole rings is 12. The highest BCUT2D eigenvalue weighted by molar-refractivity contribution is 5.82. The number of aryl methyl sites for hydroxylation is 16. The Bertz CT molecular complexity index is 9530. The highest BCUT2D eigenvalue weighted by Crippen LogP contribution is 2.31. The van der Waals surface area contributed by atoms with E-state index in [0.717, 1.165) is 124 Å². The smallest absolute Gasteiger partial charge is 0.314 e. The second-order valence-electron chi connectivity index (χ2n) is 36.8. The molecule has 18 heterocycles. The minimum absolute atomic E-state index is 0.179. The first-order valence-electron chi connectivity index (χ1n) is 48.2. The number of rotatable bonds is 20. The van der Waals surface area contributed by atoms with Gasteiger partial charge in [-0.3, -0.25) is 119 Å². The van der Waals surface area contributed by atoms with Crippen LogP contribution in [0.25, 0.3) is 113 Å². The Morgan fingerprint density at radius 1 is 0.326 bits per heavy atom. The average molecular weight is 1960 g/mol. The number of benzene rings is 2. The summed E-state index contributed by atoms with van der Waals surface area (Å²) in [5.41, 5.74) is 14.2. The number of aromatic nitrogens is 30. The summed E-state index contributed by atoms with van der Waals surface area (Å²) < 4.78 is 39.1. The Labute approximate surface area is 822 Å². The Morgan fingerprint density at radius 3 is 1.04 bits per heavy atom. The summed E-state index contributed by atoms with van der Waals surface area (Å²) in [4.78, 5) is 179. The van der Waals surface area contributed by atoms with E-state index in [0.29, 0.717) is 108 Å². The van der Waals surface area contributed by atoms with Crippen LogP contribution in [0.5, 0.6) is 0 Å². The first kappa shape index (κ1) is 102. The van der Waals surface area contributed by atoms with Crippen molar-refractivity contribution in [2.24, 2.45) is 49.3 Å². The first-order chi connectivity index (χ1) is 68.5. The molecule has 2 atom stereocenters. The van der Waals surface area contributed by atoms with Crippen LogP contribution in [0.3, 0.4) is 0 Å². The lowest BCUT2D eigenvalue weighted by atomic mass is 10.2. The molecule has 42 nitrogen and oxygen atoms in total. The minimum Gasteiger partial charge on any atom is -0.314 e. The molecule has 0 radical (unpaired) electrons. The number of hydrogen-bond acceptors (Lipinski definition) is 18. The van der Waals surface area contributed by atoms with Crippen LogP contribution in [0.15, 0.2) is 175 Å². The van der Waals surface area contributed by atoms with Crippen molar-refractivity contribution in [1.29, 1.82) is 0 Å². The predicted octanol–water partition coefficient (Wildman–Crippen LogP) is 10.1. The standard InChI is InChI=1S/C19H21N5O2.C18H19N5O2.2C17H23N5O2.C16H21N5O2.C15H19N5O2/c1-6-22-17(25)15-16(21(5)19(22)26)20-18-23(12(3)13(4)24(15)18)14-9-7-8-11(2)10-14;1-10-7-6-8-13(9-10)22-11(2)12(3)23-14-15(19-17(22)23)20(4)18(25)21(5)16(14)24;1-7-9-20-15(23)13-14(19(6)17(20)24)18-16-21(10(3)8-2)11(4)12(5)22(13)16;1-6-8-9-20-15(23)13-14(19(5)17(20)24)18-16-21(13)10-12(4)22(16)11(3)7-2;1-5-7-9-19-11(3)10-21-12-13(17-15(19)21)18(4)16(23)20(8-6-2)14(12)22;1-5-7-18-10(3)9-20-11-12(16-14(18)20)17(4)15(22)19(8-6-2)13(11)21/h7-10H,6H2,1-5H3;6-9H,1-5H3;7,10H,1,8-9H2,2-6H3;6,8,10-11H,7,9H2,1-5H3;6,10H,2,5,7-9H2,1,3-4H3;6,9H,2,5,7-8H2,1,3-4H3/b;;;8-6+;;. The van der Waals surface area contributed by atoms with Crippen molar-refractivity contribution in [1.82, 2.24) is 139 Å². The highest BCUT2D eigenvalue weighted by atomic mass is 16.2. The van der Waals surface area contributed by atoms with E-state index in [1.807, 2.05) is 171 Å². The fourth-order valence-corrected chi connectivity index (χ4v) is 19.2. The second kappa shape index (κ2) is 39.6. The number of hydrogen-bond donors (Lipinski definition) is 0. The van der Waals surface area contributed by atoms with Crippen LogP contribution in [-0.4, -0.2) is 139 Å². The molecule has 2 aromatic carbocycles. The van der Waals surface area contributed by atoms with Gasteiger partial charge >= 0.3 is 34.1 Å². The van der Waals surface area contributed by atoms with E-state index in [9.17, 15) is 57.5 Å². The molecule has 0 aliphatic carbocycles. The van der Waals surface area contributed by atoms with Crippen LogP contribution in [0.4, 0.5) is 0 Å². The van der Waals surface area contributed by atoms with Crippen LogP contribution >= 0.6 is 0 Å². The third-order valence-electron chi connectivity index (χ3n) is 27.6. The van der Waals surface area contributed by atoms with Gasteiger partial charge in [-0.1, -0.05) is 88.8 Å². The summed E-state index contributed by atoms with van der Waals surface area (Å²) in [5.74, 6) is 4.08. The van der Waals surface area contributed by atoms with E-state index in [1.54, 1.807) is 82.3 Å². The van der Waals surface area contributed by atoms with Crippen molar-refractivity contribution in [2.75, 3.05) is 0 Å². The molecular weight excluding hydrogens is 1840 g/mol. The van der Waals surface area contributed by atoms with Crippen molar-refractivity contribution < 1.29 is 0 Å². The van der Waals surface area contributed by atoms with Crippen molar-refractivity contribution in [2.45, 2.75) is 222 Å². The Morgan fingerprint density at radius 2 is 0.653 bits per heavy atom. The molecule has 0 aliphatic heterocycles. The van der Waals surface area contributed by atoms with Crippen LogP contribution in [-0.2, 0) is 95.1 Å². The van der Waals surface area contributed by atoms with Gasteiger partial charge in [-0.15, -0.1) is 19.7 Å². The van der Waals surface area contributed by atoms with Crippen molar-refractivity contribution in [3.8, 4) is 11.4 Å². The van der Waals surface area contributed by atoms with Crippen molar-refractivity contribution in [3.05, 3.63) is 305 Å². The molecule has 0 spiro atoms. The maximum Gasteiger partial charge on any atom is 0.332 e. The zero-order chi connectivity index (χ0) is 105. The average Bonchev–Trinajstić information content (AvgIpc) is 1.55. The third-order valence-corrected chi connectivity index (χ3v) is 27.6. The second-order valence-corrected chi connectivity index (χ2v) is 36.8. The molecule has 0 fully saturated rings. The van der Waals surface area contributed by atoms with Crippen LogP contribution in [0.1, 0.15) is 162 Å². The van der Waals surface area contributed by atoms with Crippen molar-refractivity contribution in [3.63, 3.8) is 0 Å². The summed E-state index contributed by atoms with van der Waals surface area (Å²) in [5, 5.41) is 0. The molecule has 2 unspecified atom stereocenters. The topological polar surface area (TPSA) is 397 Å². The zero-order valence-electron chi connectivity index (χ0n) is 86.8. The Hall–Kier alpha value is -16.5. The molecular formula is C102H126N30O12. The van der Waals surface area contributed by atoms with E-state index in [-0.39, 0.29) is 106 Å². The molecule has 0 bridgehead atoms. The lowest BCUT2D eigenvalue weighted by Gasteiger charge is -2.13. The van der Waals surface area contributed by atoms with Gasteiger partial charge in [0.1, 0.15) is 0 Å². The fraction of sp³-hybridized carbons (Fsp3) is 0.392. The summed E-state index contributed by atoms with van der Waals surface area (Å²) in [6.07, 6.45) is 19.0. The molecule has 144 heavy (non-hydrogen) atoms. The van der Waals surface area contributed by atoms with Gasteiger partial charge in [-0.2, -0.15) is 29.9 Å². The van der Waals surface area contributed by atoms with Gasteiger partial charge in [0.2, 0.25) is 34.7 Å². The summed E-state index contributed by atoms with van der Waals surface area (Å²) >= 11 is 0. The lowest BCUT2D eigenvalue weighted by Crippen LogP contribution is -2.39.